The molecule has 0 aliphatic carbocycles. The van der Waals surface area contributed by atoms with Gasteiger partial charge in [0.1, 0.15) is 23.4 Å². The number of aliphatic hydroxyl groups is 1. The standard InChI is InChI=1S/C29H24N2O5S/c1-15-7-9-21-23(11-15)37-29(30-21)31-25(17-5-4-6-20(14-17)35-3)24(27(33)28(31)34)26(32)18-8-10-22-19(13-18)12-16(2)36-22/h4-11,13-14,16,25,32H,12H2,1-3H3/b26-24-. The maximum atomic E-state index is 13.5. The Morgan fingerprint density at radius 1 is 1.14 bits per heavy atom. The minimum atomic E-state index is -0.875. The van der Waals surface area contributed by atoms with Gasteiger partial charge in [0.2, 0.25) is 0 Å². The van der Waals surface area contributed by atoms with Gasteiger partial charge in [-0.05, 0) is 73.0 Å². The van der Waals surface area contributed by atoms with Crippen LogP contribution < -0.4 is 14.4 Å². The highest BCUT2D eigenvalue weighted by Crippen LogP contribution is 2.45. The summed E-state index contributed by atoms with van der Waals surface area (Å²) in [5, 5.41) is 11.9. The highest BCUT2D eigenvalue weighted by atomic mass is 32.1. The van der Waals surface area contributed by atoms with Crippen LogP contribution >= 0.6 is 11.3 Å². The lowest BCUT2D eigenvalue weighted by molar-refractivity contribution is -0.132. The van der Waals surface area contributed by atoms with Crippen LogP contribution in [-0.4, -0.2) is 35.0 Å². The fraction of sp³-hybridized carbons (Fsp3) is 0.207. The summed E-state index contributed by atoms with van der Waals surface area (Å²) >= 11 is 1.34. The Balaban J connectivity index is 1.54. The number of anilines is 1. The van der Waals surface area contributed by atoms with Gasteiger partial charge in [0.05, 0.1) is 28.9 Å². The van der Waals surface area contributed by atoms with E-state index in [2.05, 4.69) is 4.98 Å². The zero-order valence-corrected chi connectivity index (χ0v) is 21.3. The Morgan fingerprint density at radius 2 is 1.97 bits per heavy atom. The van der Waals surface area contributed by atoms with E-state index >= 15 is 0 Å². The molecule has 0 bridgehead atoms. The number of carbonyl (C=O) groups is 2. The second-order valence-electron chi connectivity index (χ2n) is 9.37. The molecule has 1 amide bonds. The number of aliphatic hydroxyl groups excluding tert-OH is 1. The Hall–Kier alpha value is -4.17. The van der Waals surface area contributed by atoms with Crippen LogP contribution in [0.25, 0.3) is 16.0 Å². The van der Waals surface area contributed by atoms with Crippen molar-refractivity contribution in [2.75, 3.05) is 12.0 Å². The molecule has 37 heavy (non-hydrogen) atoms. The van der Waals surface area contributed by atoms with Gasteiger partial charge in [0.25, 0.3) is 5.78 Å². The highest BCUT2D eigenvalue weighted by molar-refractivity contribution is 7.22. The first-order chi connectivity index (χ1) is 17.8. The fourth-order valence-electron chi connectivity index (χ4n) is 5.00. The van der Waals surface area contributed by atoms with E-state index in [4.69, 9.17) is 9.47 Å². The fourth-order valence-corrected chi connectivity index (χ4v) is 6.09. The summed E-state index contributed by atoms with van der Waals surface area (Å²) in [7, 11) is 1.56. The average Bonchev–Trinajstić information content (AvgIpc) is 3.55. The highest BCUT2D eigenvalue weighted by Gasteiger charge is 2.48. The van der Waals surface area contributed by atoms with Crippen molar-refractivity contribution in [2.24, 2.45) is 0 Å². The van der Waals surface area contributed by atoms with Crippen molar-refractivity contribution in [3.05, 3.63) is 88.5 Å². The van der Waals surface area contributed by atoms with Gasteiger partial charge < -0.3 is 14.6 Å². The first kappa shape index (κ1) is 23.2. The number of ether oxygens (including phenoxy) is 2. The summed E-state index contributed by atoms with van der Waals surface area (Å²) in [4.78, 5) is 33.1. The number of hydrogen-bond acceptors (Lipinski definition) is 7. The number of thiazole rings is 1. The number of benzene rings is 3. The minimum absolute atomic E-state index is 0.0144. The molecule has 7 nitrogen and oxygen atoms in total. The third-order valence-electron chi connectivity index (χ3n) is 6.76. The minimum Gasteiger partial charge on any atom is -0.507 e. The predicted molar refractivity (Wildman–Crippen MR) is 142 cm³/mol. The second kappa shape index (κ2) is 8.74. The number of hydrogen-bond donors (Lipinski definition) is 1. The lowest BCUT2D eigenvalue weighted by Crippen LogP contribution is -2.29. The van der Waals surface area contributed by atoms with Crippen LogP contribution in [0.5, 0.6) is 11.5 Å². The smallest absolute Gasteiger partial charge is 0.301 e. The third-order valence-corrected chi connectivity index (χ3v) is 7.78. The lowest BCUT2D eigenvalue weighted by Gasteiger charge is -2.23. The van der Waals surface area contributed by atoms with Crippen molar-refractivity contribution in [3.8, 4) is 11.5 Å². The number of carbonyl (C=O) groups excluding carboxylic acids is 2. The van der Waals surface area contributed by atoms with E-state index in [1.165, 1.54) is 16.2 Å². The maximum Gasteiger partial charge on any atom is 0.301 e. The van der Waals surface area contributed by atoms with E-state index in [-0.39, 0.29) is 17.4 Å². The Kier molecular flexibility index (Phi) is 5.49. The van der Waals surface area contributed by atoms with Gasteiger partial charge in [-0.3, -0.25) is 14.5 Å². The van der Waals surface area contributed by atoms with Crippen LogP contribution in [0, 0.1) is 6.92 Å². The van der Waals surface area contributed by atoms with E-state index < -0.39 is 17.7 Å². The molecule has 1 N–H and O–H groups in total. The van der Waals surface area contributed by atoms with Crippen molar-refractivity contribution in [3.63, 3.8) is 0 Å². The molecule has 2 aliphatic rings. The van der Waals surface area contributed by atoms with Crippen molar-refractivity contribution >= 4 is 44.1 Å². The Morgan fingerprint density at radius 3 is 2.78 bits per heavy atom. The zero-order valence-electron chi connectivity index (χ0n) is 20.5. The first-order valence-corrected chi connectivity index (χ1v) is 12.8. The molecule has 6 rings (SSSR count). The molecule has 1 aromatic heterocycles. The monoisotopic (exact) mass is 512 g/mol. The molecule has 4 aromatic rings. The maximum absolute atomic E-state index is 13.5. The molecule has 0 saturated carbocycles. The molecule has 0 spiro atoms. The molecule has 3 heterocycles. The Bertz CT molecular complexity index is 1620. The van der Waals surface area contributed by atoms with Crippen molar-refractivity contribution in [1.29, 1.82) is 0 Å². The number of methoxy groups -OCH3 is 1. The van der Waals surface area contributed by atoms with Crippen molar-refractivity contribution in [1.82, 2.24) is 4.98 Å². The summed E-state index contributed by atoms with van der Waals surface area (Å²) in [6, 6.07) is 17.5. The van der Waals surface area contributed by atoms with Gasteiger partial charge in [0, 0.05) is 12.0 Å². The molecule has 3 aromatic carbocycles. The van der Waals surface area contributed by atoms with E-state index in [0.29, 0.717) is 28.4 Å². The number of rotatable bonds is 4. The molecule has 0 radical (unpaired) electrons. The number of aryl methyl sites for hydroxylation is 1. The van der Waals surface area contributed by atoms with Crippen LogP contribution in [0.3, 0.4) is 0 Å². The van der Waals surface area contributed by atoms with Gasteiger partial charge in [-0.1, -0.05) is 29.5 Å². The topological polar surface area (TPSA) is 89.0 Å². The van der Waals surface area contributed by atoms with Crippen LogP contribution in [0.15, 0.2) is 66.2 Å². The molecular weight excluding hydrogens is 488 g/mol. The number of aromatic nitrogens is 1. The van der Waals surface area contributed by atoms with Gasteiger partial charge >= 0.3 is 5.91 Å². The van der Waals surface area contributed by atoms with Gasteiger partial charge in [-0.25, -0.2) is 4.98 Å². The number of ketones is 1. The van der Waals surface area contributed by atoms with Gasteiger partial charge in [-0.2, -0.15) is 0 Å². The van der Waals surface area contributed by atoms with E-state index in [1.807, 2.05) is 44.2 Å². The zero-order chi connectivity index (χ0) is 25.8. The number of Topliss-reactive ketones (excluding diaryl/α,β-unsaturated/α-hetero) is 1. The largest absolute Gasteiger partial charge is 0.507 e. The lowest BCUT2D eigenvalue weighted by atomic mass is 9.94. The number of fused-ring (bicyclic) bond motifs is 2. The number of amides is 1. The molecule has 1 saturated heterocycles. The Labute approximate surface area is 217 Å². The predicted octanol–water partition coefficient (Wildman–Crippen LogP) is 5.56. The van der Waals surface area contributed by atoms with Crippen LogP contribution in [0.4, 0.5) is 5.13 Å². The van der Waals surface area contributed by atoms with E-state index in [0.717, 1.165) is 27.1 Å². The van der Waals surface area contributed by atoms with Crippen LogP contribution in [0.2, 0.25) is 0 Å². The summed E-state index contributed by atoms with van der Waals surface area (Å²) in [6.07, 6.45) is 0.743. The molecule has 2 aliphatic heterocycles. The van der Waals surface area contributed by atoms with Gasteiger partial charge in [0.15, 0.2) is 5.13 Å². The van der Waals surface area contributed by atoms with Crippen LogP contribution in [-0.2, 0) is 16.0 Å². The quantitative estimate of drug-likeness (QED) is 0.219. The van der Waals surface area contributed by atoms with Gasteiger partial charge in [-0.15, -0.1) is 0 Å². The first-order valence-electron chi connectivity index (χ1n) is 12.0. The summed E-state index contributed by atoms with van der Waals surface area (Å²) in [5.41, 5.74) is 3.87. The molecule has 2 atom stereocenters. The molecule has 1 fully saturated rings. The summed E-state index contributed by atoms with van der Waals surface area (Å²) < 4.78 is 12.1. The third kappa shape index (κ3) is 3.84. The van der Waals surface area contributed by atoms with E-state index in [9.17, 15) is 14.7 Å². The molecule has 8 heteroatoms. The SMILES string of the molecule is COc1cccc(C2/C(=C(/O)c3ccc4c(c3)CC(C)O4)C(=O)C(=O)N2c2nc3ccc(C)cc3s2)c1. The van der Waals surface area contributed by atoms with Crippen molar-refractivity contribution < 1.29 is 24.2 Å². The molecule has 2 unspecified atom stereocenters. The molecular formula is C29H24N2O5S. The average molecular weight is 513 g/mol. The van der Waals surface area contributed by atoms with Crippen LogP contribution in [0.1, 0.15) is 35.2 Å². The van der Waals surface area contributed by atoms with E-state index in [1.54, 1.807) is 37.4 Å². The summed E-state index contributed by atoms with van der Waals surface area (Å²) in [6.45, 7) is 3.97. The number of nitrogens with zero attached hydrogens (tertiary/aromatic N) is 2. The molecule has 186 valence electrons. The summed E-state index contributed by atoms with van der Waals surface area (Å²) in [5.74, 6) is -0.382. The van der Waals surface area contributed by atoms with Crippen molar-refractivity contribution in [2.45, 2.75) is 32.4 Å². The normalized spacial score (nSPS) is 20.4. The second-order valence-corrected chi connectivity index (χ2v) is 10.4.